The van der Waals surface area contributed by atoms with Gasteiger partial charge in [-0.15, -0.1) is 5.10 Å². The van der Waals surface area contributed by atoms with Gasteiger partial charge in [0.25, 0.3) is 5.91 Å². The van der Waals surface area contributed by atoms with Crippen molar-refractivity contribution < 1.29 is 9.53 Å². The van der Waals surface area contributed by atoms with Crippen LogP contribution in [0, 0.1) is 6.92 Å². The van der Waals surface area contributed by atoms with E-state index in [0.717, 1.165) is 11.4 Å². The number of methoxy groups -OCH3 is 1. The fraction of sp³-hybridized carbons (Fsp3) is 0.235. The van der Waals surface area contributed by atoms with Crippen molar-refractivity contribution in [2.45, 2.75) is 6.92 Å². The number of anilines is 3. The molecule has 0 spiro atoms. The van der Waals surface area contributed by atoms with Crippen LogP contribution in [0.5, 0.6) is 5.75 Å². The number of carbonyl (C=O) groups is 1. The van der Waals surface area contributed by atoms with Crippen LogP contribution in [0.3, 0.4) is 0 Å². The molecule has 0 aliphatic rings. The Hall–Kier alpha value is -3.69. The average molecular weight is 368 g/mol. The van der Waals surface area contributed by atoms with Gasteiger partial charge < -0.3 is 20.7 Å². The maximum atomic E-state index is 11.7. The molecule has 3 aromatic rings. The van der Waals surface area contributed by atoms with Crippen molar-refractivity contribution >= 4 is 23.4 Å². The van der Waals surface area contributed by atoms with E-state index in [1.54, 1.807) is 20.2 Å². The zero-order valence-corrected chi connectivity index (χ0v) is 15.4. The first-order valence-electron chi connectivity index (χ1n) is 8.17. The molecule has 10 heteroatoms. The first-order chi connectivity index (χ1) is 13.0. The molecule has 2 aromatic heterocycles. The molecule has 0 saturated heterocycles. The van der Waals surface area contributed by atoms with E-state index in [-0.39, 0.29) is 11.6 Å². The third-order valence-electron chi connectivity index (χ3n) is 3.75. The SMILES string of the molecule is CNC(=O)c1cn(-c2cc(Nc3nc(C)cc(NC)n3)ccc2OC)nn1. The molecular formula is C17H20N8O2. The molecule has 10 nitrogen and oxygen atoms in total. The summed E-state index contributed by atoms with van der Waals surface area (Å²) < 4.78 is 6.88. The molecule has 0 aliphatic heterocycles. The summed E-state index contributed by atoms with van der Waals surface area (Å²) in [5, 5.41) is 16.6. The van der Waals surface area contributed by atoms with Crippen molar-refractivity contribution in [3.05, 3.63) is 41.9 Å². The number of hydrogen-bond acceptors (Lipinski definition) is 8. The van der Waals surface area contributed by atoms with Crippen LogP contribution in [0.15, 0.2) is 30.5 Å². The van der Waals surface area contributed by atoms with E-state index >= 15 is 0 Å². The highest BCUT2D eigenvalue weighted by Crippen LogP contribution is 2.27. The van der Waals surface area contributed by atoms with Gasteiger partial charge in [-0.1, -0.05) is 5.21 Å². The van der Waals surface area contributed by atoms with Crippen LogP contribution in [-0.4, -0.2) is 52.1 Å². The van der Waals surface area contributed by atoms with Crippen LogP contribution in [0.25, 0.3) is 5.69 Å². The highest BCUT2D eigenvalue weighted by atomic mass is 16.5. The summed E-state index contributed by atoms with van der Waals surface area (Å²) in [6, 6.07) is 7.28. The van der Waals surface area contributed by atoms with Crippen LogP contribution >= 0.6 is 0 Å². The standard InChI is InChI=1S/C17H20N8O2/c1-10-7-15(18-2)22-17(20-10)21-11-5-6-14(27-4)13(8-11)25-9-12(23-24-25)16(26)19-3/h5-9H,1-4H3,(H,19,26)(H2,18,20,21,22). The highest BCUT2D eigenvalue weighted by molar-refractivity contribution is 5.91. The minimum absolute atomic E-state index is 0.207. The summed E-state index contributed by atoms with van der Waals surface area (Å²) in [6.07, 6.45) is 1.53. The number of amides is 1. The maximum absolute atomic E-state index is 11.7. The van der Waals surface area contributed by atoms with E-state index in [9.17, 15) is 4.79 Å². The lowest BCUT2D eigenvalue weighted by atomic mass is 10.2. The van der Waals surface area contributed by atoms with E-state index in [4.69, 9.17) is 4.74 Å². The molecule has 3 N–H and O–H groups in total. The summed E-state index contributed by atoms with van der Waals surface area (Å²) in [6.45, 7) is 1.89. The number of carbonyl (C=O) groups excluding carboxylic acids is 1. The topological polar surface area (TPSA) is 119 Å². The van der Waals surface area contributed by atoms with Crippen LogP contribution in [-0.2, 0) is 0 Å². The monoisotopic (exact) mass is 368 g/mol. The largest absolute Gasteiger partial charge is 0.494 e. The number of nitrogens with one attached hydrogen (secondary N) is 3. The van der Waals surface area contributed by atoms with Gasteiger partial charge in [0.1, 0.15) is 17.3 Å². The van der Waals surface area contributed by atoms with Gasteiger partial charge >= 0.3 is 0 Å². The van der Waals surface area contributed by atoms with Gasteiger partial charge in [-0.3, -0.25) is 4.79 Å². The normalized spacial score (nSPS) is 10.4. The van der Waals surface area contributed by atoms with Crippen molar-refractivity contribution in [3.63, 3.8) is 0 Å². The Balaban J connectivity index is 1.95. The minimum atomic E-state index is -0.317. The summed E-state index contributed by atoms with van der Waals surface area (Å²) >= 11 is 0. The molecule has 27 heavy (non-hydrogen) atoms. The number of aromatic nitrogens is 5. The molecule has 0 unspecified atom stereocenters. The number of hydrogen-bond donors (Lipinski definition) is 3. The summed E-state index contributed by atoms with van der Waals surface area (Å²) in [5.74, 6) is 1.43. The zero-order chi connectivity index (χ0) is 19.4. The molecule has 1 aromatic carbocycles. The number of ether oxygens (including phenoxy) is 1. The average Bonchev–Trinajstić information content (AvgIpc) is 3.17. The van der Waals surface area contributed by atoms with Crippen molar-refractivity contribution in [1.29, 1.82) is 0 Å². The van der Waals surface area contributed by atoms with E-state index < -0.39 is 0 Å². The van der Waals surface area contributed by atoms with Crippen molar-refractivity contribution in [2.75, 3.05) is 31.8 Å². The first-order valence-corrected chi connectivity index (χ1v) is 8.17. The Morgan fingerprint density at radius 3 is 2.70 bits per heavy atom. The summed E-state index contributed by atoms with van der Waals surface area (Å²) in [4.78, 5) is 20.5. The Morgan fingerprint density at radius 2 is 2.00 bits per heavy atom. The predicted molar refractivity (Wildman–Crippen MR) is 101 cm³/mol. The smallest absolute Gasteiger partial charge is 0.273 e. The number of nitrogens with zero attached hydrogens (tertiary/aromatic N) is 5. The number of rotatable bonds is 6. The Bertz CT molecular complexity index is 969. The highest BCUT2D eigenvalue weighted by Gasteiger charge is 2.14. The van der Waals surface area contributed by atoms with Gasteiger partial charge in [0.15, 0.2) is 5.69 Å². The number of aryl methyl sites for hydroxylation is 1. The third kappa shape index (κ3) is 3.94. The molecule has 3 rings (SSSR count). The van der Waals surface area contributed by atoms with Gasteiger partial charge in [-0.05, 0) is 25.1 Å². The fourth-order valence-corrected chi connectivity index (χ4v) is 2.44. The molecule has 1 amide bonds. The van der Waals surface area contributed by atoms with Crippen molar-refractivity contribution in [1.82, 2.24) is 30.3 Å². The Kier molecular flexibility index (Phi) is 5.15. The Labute approximate surface area is 156 Å². The van der Waals surface area contributed by atoms with E-state index in [1.807, 2.05) is 25.1 Å². The van der Waals surface area contributed by atoms with E-state index in [1.165, 1.54) is 17.9 Å². The molecule has 0 atom stereocenters. The predicted octanol–water partition coefficient (Wildman–Crippen LogP) is 1.52. The number of benzene rings is 1. The molecule has 0 saturated carbocycles. The molecule has 0 aliphatic carbocycles. The van der Waals surface area contributed by atoms with E-state index in [2.05, 4.69) is 36.2 Å². The second-order valence-electron chi connectivity index (χ2n) is 5.61. The molecule has 140 valence electrons. The molecule has 0 fully saturated rings. The fourth-order valence-electron chi connectivity index (χ4n) is 2.44. The van der Waals surface area contributed by atoms with Crippen molar-refractivity contribution in [3.8, 4) is 11.4 Å². The molecular weight excluding hydrogens is 348 g/mol. The van der Waals surface area contributed by atoms with Gasteiger partial charge in [0, 0.05) is 31.5 Å². The van der Waals surface area contributed by atoms with Crippen LogP contribution in [0.4, 0.5) is 17.5 Å². The third-order valence-corrected chi connectivity index (χ3v) is 3.75. The lowest BCUT2D eigenvalue weighted by molar-refractivity contribution is 0.0958. The van der Waals surface area contributed by atoms with Gasteiger partial charge in [-0.25, -0.2) is 9.67 Å². The summed E-state index contributed by atoms with van der Waals surface area (Å²) in [7, 11) is 4.89. The zero-order valence-electron chi connectivity index (χ0n) is 15.4. The van der Waals surface area contributed by atoms with Gasteiger partial charge in [-0.2, -0.15) is 4.98 Å². The first kappa shape index (κ1) is 18.1. The second-order valence-corrected chi connectivity index (χ2v) is 5.61. The Morgan fingerprint density at radius 1 is 1.19 bits per heavy atom. The minimum Gasteiger partial charge on any atom is -0.494 e. The maximum Gasteiger partial charge on any atom is 0.273 e. The van der Waals surface area contributed by atoms with Crippen LogP contribution < -0.4 is 20.7 Å². The summed E-state index contributed by atoms with van der Waals surface area (Å²) in [5.41, 5.74) is 2.39. The molecule has 2 heterocycles. The lowest BCUT2D eigenvalue weighted by Crippen LogP contribution is -2.18. The van der Waals surface area contributed by atoms with Crippen LogP contribution in [0.2, 0.25) is 0 Å². The second kappa shape index (κ2) is 7.68. The molecule has 0 bridgehead atoms. The van der Waals surface area contributed by atoms with E-state index in [0.29, 0.717) is 23.2 Å². The quantitative estimate of drug-likeness (QED) is 0.599. The van der Waals surface area contributed by atoms with Crippen molar-refractivity contribution in [2.24, 2.45) is 0 Å². The van der Waals surface area contributed by atoms with Gasteiger partial charge in [0.2, 0.25) is 5.95 Å². The van der Waals surface area contributed by atoms with Crippen LogP contribution in [0.1, 0.15) is 16.2 Å². The molecule has 0 radical (unpaired) electrons. The van der Waals surface area contributed by atoms with Gasteiger partial charge in [0.05, 0.1) is 13.3 Å². The lowest BCUT2D eigenvalue weighted by Gasteiger charge is -2.12.